The van der Waals surface area contributed by atoms with Crippen LogP contribution in [-0.4, -0.2) is 30.0 Å². The average molecular weight is 579 g/mol. The fourth-order valence-electron chi connectivity index (χ4n) is 3.32. The van der Waals surface area contributed by atoms with Crippen LogP contribution in [0.15, 0.2) is 70.7 Å². The number of nitro groups is 1. The number of para-hydroxylation sites is 1. The maximum atomic E-state index is 12.7. The van der Waals surface area contributed by atoms with Crippen LogP contribution in [0.5, 0.6) is 11.5 Å². The molecular weight excluding hydrogens is 556 g/mol. The molecular formula is C27H23BrN4O6. The summed E-state index contributed by atoms with van der Waals surface area (Å²) in [6.45, 7) is 3.67. The van der Waals surface area contributed by atoms with Crippen molar-refractivity contribution in [2.75, 3.05) is 23.8 Å². The second-order valence-corrected chi connectivity index (χ2v) is 8.70. The Balaban J connectivity index is 1.78. The van der Waals surface area contributed by atoms with Crippen LogP contribution < -0.4 is 20.1 Å². The lowest BCUT2D eigenvalue weighted by atomic mass is 10.1. The summed E-state index contributed by atoms with van der Waals surface area (Å²) in [5.74, 6) is -0.519. The van der Waals surface area contributed by atoms with Gasteiger partial charge in [0.1, 0.15) is 11.6 Å². The standard InChI is InChI=1S/C27H23BrN4O6/c1-3-37-24-13-18(11-19(15-29)27(34)30-20-8-6-9-21(14-20)32(35)36)12-22(28)26(24)38-16-25(33)31-23-10-5-4-7-17(23)2/h4-14H,3,16H2,1-2H3,(H,30,34)(H,31,33)/b19-11-. The lowest BCUT2D eigenvalue weighted by Crippen LogP contribution is -2.21. The number of carbonyl (C=O) groups is 2. The number of nitro benzene ring substituents is 1. The van der Waals surface area contributed by atoms with Gasteiger partial charge < -0.3 is 20.1 Å². The van der Waals surface area contributed by atoms with Gasteiger partial charge in [-0.2, -0.15) is 5.26 Å². The number of nitrogens with zero attached hydrogens (tertiary/aromatic N) is 2. The van der Waals surface area contributed by atoms with Gasteiger partial charge >= 0.3 is 0 Å². The van der Waals surface area contributed by atoms with Gasteiger partial charge in [0.15, 0.2) is 18.1 Å². The Hall–Kier alpha value is -4.69. The average Bonchev–Trinajstić information content (AvgIpc) is 2.88. The van der Waals surface area contributed by atoms with E-state index in [0.717, 1.165) is 5.56 Å². The van der Waals surface area contributed by atoms with Gasteiger partial charge in [-0.15, -0.1) is 0 Å². The van der Waals surface area contributed by atoms with Crippen LogP contribution in [0.25, 0.3) is 6.08 Å². The predicted octanol–water partition coefficient (Wildman–Crippen LogP) is 5.63. The molecule has 0 radical (unpaired) electrons. The molecule has 0 aliphatic rings. The van der Waals surface area contributed by atoms with Crippen molar-refractivity contribution in [3.05, 3.63) is 92.0 Å². The van der Waals surface area contributed by atoms with E-state index in [9.17, 15) is 25.0 Å². The number of benzene rings is 3. The van der Waals surface area contributed by atoms with Crippen molar-refractivity contribution in [2.45, 2.75) is 13.8 Å². The fraction of sp³-hybridized carbons (Fsp3) is 0.148. The molecule has 11 heteroatoms. The van der Waals surface area contributed by atoms with Gasteiger partial charge in [-0.25, -0.2) is 0 Å². The molecule has 3 aromatic carbocycles. The Morgan fingerprint density at radius 2 is 1.87 bits per heavy atom. The Morgan fingerprint density at radius 3 is 2.55 bits per heavy atom. The molecule has 0 saturated heterocycles. The van der Waals surface area contributed by atoms with E-state index in [1.165, 1.54) is 30.3 Å². The number of rotatable bonds is 10. The van der Waals surface area contributed by atoms with E-state index in [1.54, 1.807) is 25.1 Å². The highest BCUT2D eigenvalue weighted by Crippen LogP contribution is 2.37. The Kier molecular flexibility index (Phi) is 9.56. The largest absolute Gasteiger partial charge is 0.490 e. The Labute approximate surface area is 227 Å². The molecule has 2 N–H and O–H groups in total. The van der Waals surface area contributed by atoms with E-state index in [1.807, 2.05) is 31.2 Å². The van der Waals surface area contributed by atoms with Crippen LogP contribution in [0.1, 0.15) is 18.1 Å². The third-order valence-electron chi connectivity index (χ3n) is 5.09. The van der Waals surface area contributed by atoms with Crippen LogP contribution in [0.4, 0.5) is 17.1 Å². The molecule has 0 spiro atoms. The van der Waals surface area contributed by atoms with E-state index < -0.39 is 10.8 Å². The number of hydrogen-bond acceptors (Lipinski definition) is 7. The van der Waals surface area contributed by atoms with E-state index in [2.05, 4.69) is 26.6 Å². The summed E-state index contributed by atoms with van der Waals surface area (Å²) >= 11 is 3.41. The number of halogens is 1. The number of anilines is 2. The molecule has 0 aliphatic carbocycles. The first-order valence-corrected chi connectivity index (χ1v) is 12.1. The first kappa shape index (κ1) is 27.9. The number of ether oxygens (including phenoxy) is 2. The number of amides is 2. The zero-order valence-corrected chi connectivity index (χ0v) is 22.1. The second kappa shape index (κ2) is 13.0. The zero-order valence-electron chi connectivity index (χ0n) is 20.5. The first-order chi connectivity index (χ1) is 18.2. The summed E-state index contributed by atoms with van der Waals surface area (Å²) in [4.78, 5) is 35.5. The molecule has 3 rings (SSSR count). The minimum absolute atomic E-state index is 0.175. The minimum atomic E-state index is -0.740. The maximum Gasteiger partial charge on any atom is 0.271 e. The summed E-state index contributed by atoms with van der Waals surface area (Å²) in [5, 5.41) is 25.8. The minimum Gasteiger partial charge on any atom is -0.490 e. The van der Waals surface area contributed by atoms with Gasteiger partial charge in [-0.3, -0.25) is 19.7 Å². The molecule has 0 fully saturated rings. The van der Waals surface area contributed by atoms with Gasteiger partial charge in [0, 0.05) is 23.5 Å². The smallest absolute Gasteiger partial charge is 0.271 e. The van der Waals surface area contributed by atoms with E-state index >= 15 is 0 Å². The molecule has 0 heterocycles. The monoisotopic (exact) mass is 578 g/mol. The molecule has 0 aliphatic heterocycles. The number of aryl methyl sites for hydroxylation is 1. The third-order valence-corrected chi connectivity index (χ3v) is 5.68. The Bertz CT molecular complexity index is 1450. The molecule has 194 valence electrons. The Morgan fingerprint density at radius 1 is 1.11 bits per heavy atom. The van der Waals surface area contributed by atoms with Crippen molar-refractivity contribution in [1.29, 1.82) is 5.26 Å². The lowest BCUT2D eigenvalue weighted by molar-refractivity contribution is -0.384. The first-order valence-electron chi connectivity index (χ1n) is 11.3. The summed E-state index contributed by atoms with van der Waals surface area (Å²) in [7, 11) is 0. The number of nitrogens with one attached hydrogen (secondary N) is 2. The van der Waals surface area contributed by atoms with Gasteiger partial charge in [-0.05, 0) is 71.2 Å². The molecule has 0 aromatic heterocycles. The highest BCUT2D eigenvalue weighted by molar-refractivity contribution is 9.10. The molecule has 0 atom stereocenters. The van der Waals surface area contributed by atoms with Crippen LogP contribution in [0.3, 0.4) is 0 Å². The zero-order chi connectivity index (χ0) is 27.7. The predicted molar refractivity (Wildman–Crippen MR) is 146 cm³/mol. The number of carbonyl (C=O) groups excluding carboxylic acids is 2. The molecule has 0 bridgehead atoms. The van der Waals surface area contributed by atoms with Crippen LogP contribution in [-0.2, 0) is 9.59 Å². The summed E-state index contributed by atoms with van der Waals surface area (Å²) in [5.41, 5.74) is 1.78. The van der Waals surface area contributed by atoms with Gasteiger partial charge in [0.05, 0.1) is 16.0 Å². The second-order valence-electron chi connectivity index (χ2n) is 7.85. The van der Waals surface area contributed by atoms with Crippen LogP contribution in [0.2, 0.25) is 0 Å². The molecule has 3 aromatic rings. The van der Waals surface area contributed by atoms with Crippen LogP contribution >= 0.6 is 15.9 Å². The quantitative estimate of drug-likeness (QED) is 0.137. The number of hydrogen-bond donors (Lipinski definition) is 2. The van der Waals surface area contributed by atoms with Crippen molar-refractivity contribution < 1.29 is 24.0 Å². The number of non-ortho nitro benzene ring substituents is 1. The normalized spacial score (nSPS) is 10.7. The number of nitriles is 1. The summed E-state index contributed by atoms with van der Waals surface area (Å²) < 4.78 is 11.8. The SMILES string of the molecule is CCOc1cc(/C=C(/C#N)C(=O)Nc2cccc([N+](=O)[O-])c2)cc(Br)c1OCC(=O)Nc1ccccc1C. The van der Waals surface area contributed by atoms with Crippen LogP contribution in [0, 0.1) is 28.4 Å². The van der Waals surface area contributed by atoms with E-state index in [4.69, 9.17) is 9.47 Å². The molecule has 0 unspecified atom stereocenters. The molecule has 2 amide bonds. The summed E-state index contributed by atoms with van der Waals surface area (Å²) in [6.07, 6.45) is 1.34. The topological polar surface area (TPSA) is 144 Å². The molecule has 38 heavy (non-hydrogen) atoms. The van der Waals surface area contributed by atoms with Gasteiger partial charge in [0.2, 0.25) is 0 Å². The highest BCUT2D eigenvalue weighted by atomic mass is 79.9. The molecule has 10 nitrogen and oxygen atoms in total. The van der Waals surface area contributed by atoms with Crippen molar-refractivity contribution in [3.8, 4) is 17.6 Å². The van der Waals surface area contributed by atoms with Crippen molar-refractivity contribution in [1.82, 2.24) is 0 Å². The molecule has 0 saturated carbocycles. The fourth-order valence-corrected chi connectivity index (χ4v) is 3.90. The third kappa shape index (κ3) is 7.41. The van der Waals surface area contributed by atoms with E-state index in [-0.39, 0.29) is 35.2 Å². The van der Waals surface area contributed by atoms with Gasteiger partial charge in [0.25, 0.3) is 17.5 Å². The highest BCUT2D eigenvalue weighted by Gasteiger charge is 2.17. The van der Waals surface area contributed by atoms with Crippen molar-refractivity contribution in [3.63, 3.8) is 0 Å². The summed E-state index contributed by atoms with van der Waals surface area (Å²) in [6, 6.07) is 17.8. The van der Waals surface area contributed by atoms with Crippen molar-refractivity contribution >= 4 is 50.9 Å². The lowest BCUT2D eigenvalue weighted by Gasteiger charge is -2.15. The van der Waals surface area contributed by atoms with Crippen molar-refractivity contribution in [2.24, 2.45) is 0 Å². The maximum absolute atomic E-state index is 12.7. The van der Waals surface area contributed by atoms with Gasteiger partial charge in [-0.1, -0.05) is 24.3 Å². The van der Waals surface area contributed by atoms with E-state index in [0.29, 0.717) is 28.1 Å².